The number of fused-ring (bicyclic) bond motifs is 10. The number of hydrogen-bond donors (Lipinski definition) is 0. The van der Waals surface area contributed by atoms with Gasteiger partial charge in [-0.25, -0.2) is 0 Å². The first-order valence-corrected chi connectivity index (χ1v) is 24.5. The van der Waals surface area contributed by atoms with Crippen molar-refractivity contribution < 1.29 is 8.83 Å². The van der Waals surface area contributed by atoms with Crippen LogP contribution in [0.1, 0.15) is 0 Å². The van der Waals surface area contributed by atoms with Crippen LogP contribution in [0.3, 0.4) is 0 Å². The number of benzene rings is 12. The van der Waals surface area contributed by atoms with E-state index < -0.39 is 0 Å². The molecule has 0 aliphatic rings. The van der Waals surface area contributed by atoms with Gasteiger partial charge in [0, 0.05) is 65.8 Å². The van der Waals surface area contributed by atoms with Gasteiger partial charge in [0.1, 0.15) is 22.3 Å². The maximum atomic E-state index is 6.56. The molecular weight excluding hydrogens is 877 g/mol. The molecule has 14 aromatic rings. The lowest BCUT2D eigenvalue weighted by atomic mass is 10.00. The molecule has 0 bridgehead atoms. The Morgan fingerprint density at radius 1 is 0.208 bits per heavy atom. The third-order valence-electron chi connectivity index (χ3n) is 14.3. The van der Waals surface area contributed by atoms with Gasteiger partial charge < -0.3 is 18.6 Å². The third kappa shape index (κ3) is 7.00. The van der Waals surface area contributed by atoms with E-state index in [1.165, 1.54) is 22.3 Å². The summed E-state index contributed by atoms with van der Waals surface area (Å²) in [5.41, 5.74) is 17.0. The highest BCUT2D eigenvalue weighted by atomic mass is 16.3. The zero-order chi connectivity index (χ0) is 47.5. The smallest absolute Gasteiger partial charge is 0.143 e. The molecule has 4 nitrogen and oxygen atoms in total. The Labute approximate surface area is 416 Å². The van der Waals surface area contributed by atoms with E-state index in [2.05, 4.69) is 265 Å². The first-order valence-electron chi connectivity index (χ1n) is 24.5. The molecule has 2 heterocycles. The molecule has 12 aromatic carbocycles. The highest BCUT2D eigenvalue weighted by Crippen LogP contribution is 2.47. The number of hydrogen-bond acceptors (Lipinski definition) is 4. The molecule has 0 saturated heterocycles. The van der Waals surface area contributed by atoms with Crippen molar-refractivity contribution in [1.82, 2.24) is 0 Å². The molecule has 0 amide bonds. The Bertz CT molecular complexity index is 4010. The van der Waals surface area contributed by atoms with Crippen molar-refractivity contribution in [2.45, 2.75) is 0 Å². The quantitative estimate of drug-likeness (QED) is 0.144. The van der Waals surface area contributed by atoms with Gasteiger partial charge in [0.2, 0.25) is 0 Å². The highest BCUT2D eigenvalue weighted by Gasteiger charge is 2.23. The molecular formula is C68H44N2O2. The van der Waals surface area contributed by atoms with E-state index in [1.807, 2.05) is 12.1 Å². The van der Waals surface area contributed by atoms with Crippen LogP contribution in [0.25, 0.3) is 98.8 Å². The molecule has 0 spiro atoms. The second-order valence-electron chi connectivity index (χ2n) is 18.4. The van der Waals surface area contributed by atoms with Gasteiger partial charge in [0.05, 0.1) is 11.4 Å². The van der Waals surface area contributed by atoms with Crippen molar-refractivity contribution in [3.63, 3.8) is 0 Å². The van der Waals surface area contributed by atoms with Crippen molar-refractivity contribution in [2.24, 2.45) is 0 Å². The van der Waals surface area contributed by atoms with E-state index in [1.54, 1.807) is 0 Å². The molecule has 0 atom stereocenters. The van der Waals surface area contributed by atoms with Crippen LogP contribution in [0.2, 0.25) is 0 Å². The lowest BCUT2D eigenvalue weighted by molar-refractivity contribution is 0.672. The molecule has 0 fully saturated rings. The van der Waals surface area contributed by atoms with Gasteiger partial charge in [-0.05, 0) is 106 Å². The zero-order valence-electron chi connectivity index (χ0n) is 39.1. The molecule has 0 aliphatic carbocycles. The van der Waals surface area contributed by atoms with Crippen molar-refractivity contribution in [1.29, 1.82) is 0 Å². The Kier molecular flexibility index (Phi) is 9.82. The minimum Gasteiger partial charge on any atom is -0.455 e. The van der Waals surface area contributed by atoms with E-state index in [0.717, 1.165) is 111 Å². The standard InChI is InChI=1S/C68H44N2O2/c1-3-15-45(16-4-1)47-27-35-51(36-28-47)69(63-43-61-57-21-11-13-25-65(57)71-67(61)59-23-9-7-19-55(59)63)53-39-31-49(32-40-53)50-33-41-54(42-34-50)70(52-37-29-48(30-38-52)46-17-5-2-6-18-46)64-44-62-58-22-12-14-26-66(58)72-68(62)60-24-10-8-20-56(60)64/h1-44H. The van der Waals surface area contributed by atoms with Gasteiger partial charge in [0.15, 0.2) is 0 Å². The number of furan rings is 2. The first kappa shape index (κ1) is 41.3. The van der Waals surface area contributed by atoms with Crippen molar-refractivity contribution in [2.75, 3.05) is 9.80 Å². The summed E-state index contributed by atoms with van der Waals surface area (Å²) >= 11 is 0. The second kappa shape index (κ2) is 17.1. The van der Waals surface area contributed by atoms with Crippen LogP contribution in [0, 0.1) is 0 Å². The van der Waals surface area contributed by atoms with Crippen LogP contribution >= 0.6 is 0 Å². The van der Waals surface area contributed by atoms with E-state index in [9.17, 15) is 0 Å². The van der Waals surface area contributed by atoms with E-state index >= 15 is 0 Å². The first-order chi connectivity index (χ1) is 35.7. The summed E-state index contributed by atoms with van der Waals surface area (Å²) < 4.78 is 13.1. The molecule has 0 unspecified atom stereocenters. The van der Waals surface area contributed by atoms with Crippen LogP contribution in [0.4, 0.5) is 34.1 Å². The summed E-state index contributed by atoms with van der Waals surface area (Å²) in [4.78, 5) is 4.77. The summed E-state index contributed by atoms with van der Waals surface area (Å²) in [6.07, 6.45) is 0. The Hall–Kier alpha value is -9.64. The van der Waals surface area contributed by atoms with Crippen molar-refractivity contribution >= 4 is 99.5 Å². The maximum absolute atomic E-state index is 6.56. The SMILES string of the molecule is c1ccc(-c2ccc(N(c3ccc(-c4ccc(N(c5ccc(-c6ccccc6)cc5)c5cc6c7ccccc7oc6c6ccccc56)cc4)cc3)c3cc4c5ccccc5oc4c4ccccc34)cc2)cc1. The summed E-state index contributed by atoms with van der Waals surface area (Å²) in [6, 6.07) is 95.4. The molecule has 4 heteroatoms. The summed E-state index contributed by atoms with van der Waals surface area (Å²) in [5, 5.41) is 8.77. The average molecular weight is 921 g/mol. The number of rotatable bonds is 9. The molecule has 72 heavy (non-hydrogen) atoms. The van der Waals surface area contributed by atoms with Crippen molar-refractivity contribution in [3.05, 3.63) is 267 Å². The topological polar surface area (TPSA) is 32.8 Å². The van der Waals surface area contributed by atoms with E-state index in [0.29, 0.717) is 0 Å². The van der Waals surface area contributed by atoms with E-state index in [4.69, 9.17) is 8.83 Å². The number of anilines is 6. The Balaban J connectivity index is 0.879. The molecule has 0 radical (unpaired) electrons. The summed E-state index contributed by atoms with van der Waals surface area (Å²) in [5.74, 6) is 0. The fourth-order valence-corrected chi connectivity index (χ4v) is 10.8. The van der Waals surface area contributed by atoms with Crippen LogP contribution in [-0.4, -0.2) is 0 Å². The predicted molar refractivity (Wildman–Crippen MR) is 302 cm³/mol. The van der Waals surface area contributed by atoms with Crippen LogP contribution in [0.15, 0.2) is 276 Å². The molecule has 2 aromatic heterocycles. The average Bonchev–Trinajstić information content (AvgIpc) is 4.03. The maximum Gasteiger partial charge on any atom is 0.143 e. The molecule has 0 saturated carbocycles. The molecule has 0 N–H and O–H groups in total. The largest absolute Gasteiger partial charge is 0.455 e. The van der Waals surface area contributed by atoms with Gasteiger partial charge >= 0.3 is 0 Å². The normalized spacial score (nSPS) is 11.6. The molecule has 338 valence electrons. The van der Waals surface area contributed by atoms with Gasteiger partial charge in [-0.1, -0.05) is 194 Å². The summed E-state index contributed by atoms with van der Waals surface area (Å²) in [7, 11) is 0. The van der Waals surface area contributed by atoms with Gasteiger partial charge in [-0.15, -0.1) is 0 Å². The zero-order valence-corrected chi connectivity index (χ0v) is 39.1. The third-order valence-corrected chi connectivity index (χ3v) is 14.3. The van der Waals surface area contributed by atoms with Gasteiger partial charge in [-0.3, -0.25) is 0 Å². The highest BCUT2D eigenvalue weighted by molar-refractivity contribution is 6.21. The van der Waals surface area contributed by atoms with Gasteiger partial charge in [0.25, 0.3) is 0 Å². The molecule has 14 rings (SSSR count). The number of nitrogens with zero attached hydrogens (tertiary/aromatic N) is 2. The molecule has 0 aliphatic heterocycles. The van der Waals surface area contributed by atoms with Crippen molar-refractivity contribution in [3.8, 4) is 33.4 Å². The fourth-order valence-electron chi connectivity index (χ4n) is 10.8. The second-order valence-corrected chi connectivity index (χ2v) is 18.4. The fraction of sp³-hybridized carbons (Fsp3) is 0. The van der Waals surface area contributed by atoms with Crippen LogP contribution < -0.4 is 9.80 Å². The van der Waals surface area contributed by atoms with Crippen LogP contribution in [-0.2, 0) is 0 Å². The monoisotopic (exact) mass is 920 g/mol. The Morgan fingerprint density at radius 2 is 0.472 bits per heavy atom. The summed E-state index contributed by atoms with van der Waals surface area (Å²) in [6.45, 7) is 0. The van der Waals surface area contributed by atoms with Gasteiger partial charge in [-0.2, -0.15) is 0 Å². The van der Waals surface area contributed by atoms with E-state index in [-0.39, 0.29) is 0 Å². The Morgan fingerprint density at radius 3 is 0.806 bits per heavy atom. The number of para-hydroxylation sites is 2. The lowest BCUT2D eigenvalue weighted by Gasteiger charge is -2.28. The lowest BCUT2D eigenvalue weighted by Crippen LogP contribution is -2.11. The van der Waals surface area contributed by atoms with Crippen LogP contribution in [0.5, 0.6) is 0 Å². The minimum absolute atomic E-state index is 0.883. The predicted octanol–water partition coefficient (Wildman–Crippen LogP) is 19.7. The minimum atomic E-state index is 0.883.